The topological polar surface area (TPSA) is 108 Å². The molecule has 0 bridgehead atoms. The van der Waals surface area contributed by atoms with E-state index >= 15 is 0 Å². The van der Waals surface area contributed by atoms with Gasteiger partial charge in [0.05, 0.1) is 27.7 Å². The number of hydrogen-bond donors (Lipinski definition) is 1. The van der Waals surface area contributed by atoms with Crippen molar-refractivity contribution in [2.24, 2.45) is 0 Å². The number of carbonyl (C=O) groups excluding carboxylic acids is 2. The van der Waals surface area contributed by atoms with E-state index in [1.807, 2.05) is 21.1 Å². The first-order valence-corrected chi connectivity index (χ1v) is 32.4. The molecule has 0 heterocycles. The molecule has 0 radical (unpaired) electrons. The minimum Gasteiger partial charge on any atom is -0.462 e. The van der Waals surface area contributed by atoms with Crippen LogP contribution in [-0.4, -0.2) is 74.9 Å². The maximum Gasteiger partial charge on any atom is 0.472 e. The van der Waals surface area contributed by atoms with Crippen LogP contribution in [0.3, 0.4) is 0 Å². The SMILES string of the molecule is CCCCCCCCCC/C=C\CCCCCCCCCCCCCCCCCCCCCCCC(=O)OC(COC(=O)CCCCCCCCCCCCCCCC)COP(=O)(O)OCC[N+](C)(C)C. The number of nitrogens with zero attached hydrogens (tertiary/aromatic N) is 1. The van der Waals surface area contributed by atoms with Gasteiger partial charge in [0.1, 0.15) is 19.8 Å². The van der Waals surface area contributed by atoms with Crippen LogP contribution in [0.25, 0.3) is 0 Å². The third-order valence-electron chi connectivity index (χ3n) is 14.0. The number of ether oxygens (including phenoxy) is 2. The van der Waals surface area contributed by atoms with Gasteiger partial charge < -0.3 is 18.9 Å². The smallest absolute Gasteiger partial charge is 0.462 e. The molecule has 0 aromatic rings. The molecule has 0 aliphatic carbocycles. The second-order valence-corrected chi connectivity index (χ2v) is 23.9. The van der Waals surface area contributed by atoms with Crippen LogP contribution in [0.1, 0.15) is 316 Å². The van der Waals surface area contributed by atoms with Gasteiger partial charge in [-0.05, 0) is 38.5 Å². The Hall–Kier alpha value is -1.25. The summed E-state index contributed by atoms with van der Waals surface area (Å²) in [5.41, 5.74) is 0. The lowest BCUT2D eigenvalue weighted by Gasteiger charge is -2.24. The van der Waals surface area contributed by atoms with Crippen LogP contribution in [0.5, 0.6) is 0 Å². The monoisotopic (exact) mass is 1030 g/mol. The Bertz CT molecular complexity index is 1210. The number of quaternary nitrogens is 1. The van der Waals surface area contributed by atoms with E-state index in [0.29, 0.717) is 17.4 Å². The molecule has 0 spiro atoms. The molecule has 10 heteroatoms. The highest BCUT2D eigenvalue weighted by Crippen LogP contribution is 2.43. The first-order chi connectivity index (χ1) is 34.5. The summed E-state index contributed by atoms with van der Waals surface area (Å²) in [4.78, 5) is 35.6. The largest absolute Gasteiger partial charge is 0.472 e. The zero-order valence-corrected chi connectivity index (χ0v) is 48.9. The maximum atomic E-state index is 12.8. The lowest BCUT2D eigenvalue weighted by atomic mass is 10.0. The molecule has 1 N–H and O–H groups in total. The molecule has 422 valence electrons. The summed E-state index contributed by atoms with van der Waals surface area (Å²) >= 11 is 0. The van der Waals surface area contributed by atoms with Crippen molar-refractivity contribution < 1.29 is 42.1 Å². The van der Waals surface area contributed by atoms with Gasteiger partial charge >= 0.3 is 19.8 Å². The van der Waals surface area contributed by atoms with Crippen LogP contribution in [0.2, 0.25) is 0 Å². The number of carbonyl (C=O) groups is 2. The van der Waals surface area contributed by atoms with Crippen molar-refractivity contribution in [2.75, 3.05) is 47.5 Å². The molecule has 0 saturated carbocycles. The zero-order chi connectivity index (χ0) is 52.0. The van der Waals surface area contributed by atoms with Gasteiger partial charge in [0.2, 0.25) is 0 Å². The van der Waals surface area contributed by atoms with Crippen LogP contribution in [0.15, 0.2) is 12.2 Å². The highest BCUT2D eigenvalue weighted by Gasteiger charge is 2.27. The average Bonchev–Trinajstić information content (AvgIpc) is 3.33. The van der Waals surface area contributed by atoms with Crippen molar-refractivity contribution in [3.05, 3.63) is 12.2 Å². The number of likely N-dealkylation sites (N-methyl/N-ethyl adjacent to an activating group) is 1. The number of unbranched alkanes of at least 4 members (excludes halogenated alkanes) is 42. The van der Waals surface area contributed by atoms with E-state index in [4.69, 9.17) is 18.5 Å². The third-order valence-corrected chi connectivity index (χ3v) is 15.0. The van der Waals surface area contributed by atoms with Crippen molar-refractivity contribution in [1.82, 2.24) is 0 Å². The van der Waals surface area contributed by atoms with Crippen molar-refractivity contribution in [2.45, 2.75) is 322 Å². The van der Waals surface area contributed by atoms with Crippen LogP contribution in [0.4, 0.5) is 0 Å². The van der Waals surface area contributed by atoms with Gasteiger partial charge in [0.15, 0.2) is 6.10 Å². The number of phosphoric acid groups is 1. The highest BCUT2D eigenvalue weighted by molar-refractivity contribution is 7.47. The quantitative estimate of drug-likeness (QED) is 0.0211. The Morgan fingerprint density at radius 1 is 0.423 bits per heavy atom. The number of allylic oxidation sites excluding steroid dienone is 2. The predicted molar refractivity (Wildman–Crippen MR) is 303 cm³/mol. The molecule has 71 heavy (non-hydrogen) atoms. The van der Waals surface area contributed by atoms with E-state index < -0.39 is 26.5 Å². The second-order valence-electron chi connectivity index (χ2n) is 22.5. The van der Waals surface area contributed by atoms with Gasteiger partial charge in [-0.2, -0.15) is 0 Å². The lowest BCUT2D eigenvalue weighted by Crippen LogP contribution is -2.37. The van der Waals surface area contributed by atoms with Crippen molar-refractivity contribution in [3.8, 4) is 0 Å². The first-order valence-electron chi connectivity index (χ1n) is 30.9. The normalized spacial score (nSPS) is 13.3. The third kappa shape index (κ3) is 57.9. The number of esters is 2. The summed E-state index contributed by atoms with van der Waals surface area (Å²) in [7, 11) is 1.50. The fraction of sp³-hybridized carbons (Fsp3) is 0.934. The van der Waals surface area contributed by atoms with E-state index in [0.717, 1.165) is 38.5 Å². The van der Waals surface area contributed by atoms with Crippen molar-refractivity contribution in [1.29, 1.82) is 0 Å². The first kappa shape index (κ1) is 69.8. The zero-order valence-electron chi connectivity index (χ0n) is 48.0. The summed E-state index contributed by atoms with van der Waals surface area (Å²) in [6, 6.07) is 0. The molecule has 0 aliphatic rings. The molecular weight excluding hydrogens is 906 g/mol. The van der Waals surface area contributed by atoms with Crippen LogP contribution >= 0.6 is 7.82 Å². The molecule has 0 rings (SSSR count). The minimum absolute atomic E-state index is 0.0364. The summed E-state index contributed by atoms with van der Waals surface area (Å²) in [5.74, 6) is -0.777. The molecular formula is C61H121NO8P+. The van der Waals surface area contributed by atoms with E-state index in [1.54, 1.807) is 0 Å². The molecule has 0 aliphatic heterocycles. The molecule has 0 fully saturated rings. The molecule has 2 unspecified atom stereocenters. The van der Waals surface area contributed by atoms with Gasteiger partial charge in [-0.1, -0.05) is 276 Å². The van der Waals surface area contributed by atoms with E-state index in [2.05, 4.69) is 26.0 Å². The summed E-state index contributed by atoms with van der Waals surface area (Å²) in [6.45, 7) is 4.49. The van der Waals surface area contributed by atoms with E-state index in [9.17, 15) is 19.0 Å². The number of phosphoric ester groups is 1. The van der Waals surface area contributed by atoms with E-state index in [-0.39, 0.29) is 25.6 Å². The van der Waals surface area contributed by atoms with Crippen molar-refractivity contribution in [3.63, 3.8) is 0 Å². The number of rotatable bonds is 58. The average molecular weight is 1030 g/mol. The summed E-state index contributed by atoms with van der Waals surface area (Å²) in [6.07, 6.45) is 63.1. The van der Waals surface area contributed by atoms with Gasteiger partial charge in [-0.15, -0.1) is 0 Å². The maximum absolute atomic E-state index is 12.8. The molecule has 2 atom stereocenters. The predicted octanol–water partition coefficient (Wildman–Crippen LogP) is 19.2. The fourth-order valence-corrected chi connectivity index (χ4v) is 9.99. The molecule has 0 saturated heterocycles. The van der Waals surface area contributed by atoms with Crippen LogP contribution < -0.4 is 0 Å². The second kappa shape index (κ2) is 53.6. The van der Waals surface area contributed by atoms with Gasteiger partial charge in [0, 0.05) is 12.8 Å². The van der Waals surface area contributed by atoms with Gasteiger partial charge in [-0.3, -0.25) is 18.6 Å². The Morgan fingerprint density at radius 2 is 0.718 bits per heavy atom. The molecule has 0 aromatic heterocycles. The number of hydrogen-bond acceptors (Lipinski definition) is 7. The van der Waals surface area contributed by atoms with Crippen molar-refractivity contribution >= 4 is 19.8 Å². The van der Waals surface area contributed by atoms with E-state index in [1.165, 1.54) is 250 Å². The molecule has 0 aromatic carbocycles. The highest BCUT2D eigenvalue weighted by atomic mass is 31.2. The van der Waals surface area contributed by atoms with Crippen LogP contribution in [-0.2, 0) is 32.7 Å². The van der Waals surface area contributed by atoms with Gasteiger partial charge in [0.25, 0.3) is 0 Å². The lowest BCUT2D eigenvalue weighted by molar-refractivity contribution is -0.870. The Morgan fingerprint density at radius 3 is 1.04 bits per heavy atom. The standard InChI is InChI=1S/C61H120NO8P/c1-6-8-10-12-14-16-18-20-22-23-24-25-26-27-28-29-30-31-32-33-34-35-36-37-38-39-40-42-44-46-48-50-52-54-61(64)70-59(58-69-71(65,66)68-56-55-62(3,4)5)57-67-60(63)53-51-49-47-45-43-41-21-19-17-15-13-11-9-7-2/h23-24,59H,6-22,25-58H2,1-5H3/p+1/b24-23-. The van der Waals surface area contributed by atoms with Gasteiger partial charge in [-0.25, -0.2) is 4.57 Å². The van der Waals surface area contributed by atoms with Crippen LogP contribution in [0, 0.1) is 0 Å². The summed E-state index contributed by atoms with van der Waals surface area (Å²) < 4.78 is 34.6. The Balaban J connectivity index is 3.95. The Labute approximate surface area is 441 Å². The molecule has 0 amide bonds. The summed E-state index contributed by atoms with van der Waals surface area (Å²) in [5, 5.41) is 0. The Kier molecular flexibility index (Phi) is 52.6. The minimum atomic E-state index is -4.38. The fourth-order valence-electron chi connectivity index (χ4n) is 9.25. The molecule has 9 nitrogen and oxygen atoms in total.